The molecule has 2 N–H and O–H groups in total. The van der Waals surface area contributed by atoms with Gasteiger partial charge in [-0.1, -0.05) is 19.9 Å². The largest absolute Gasteiger partial charge is 0.493 e. The number of methoxy groups -OCH3 is 4. The molecule has 0 unspecified atom stereocenters. The second kappa shape index (κ2) is 14.0. The number of hydrogen-bond acceptors (Lipinski definition) is 9. The number of piperidine rings is 1. The van der Waals surface area contributed by atoms with Crippen LogP contribution >= 0.6 is 0 Å². The highest BCUT2D eigenvalue weighted by Gasteiger charge is 2.34. The van der Waals surface area contributed by atoms with Gasteiger partial charge in [-0.15, -0.1) is 0 Å². The summed E-state index contributed by atoms with van der Waals surface area (Å²) in [6.07, 6.45) is 2.19. The Morgan fingerprint density at radius 2 is 1.61 bits per heavy atom. The first-order chi connectivity index (χ1) is 21.0. The van der Waals surface area contributed by atoms with E-state index in [2.05, 4.69) is 10.6 Å². The molecule has 0 spiro atoms. The van der Waals surface area contributed by atoms with Crippen molar-refractivity contribution in [2.24, 2.45) is 11.8 Å². The molecule has 1 saturated heterocycles. The fourth-order valence-electron chi connectivity index (χ4n) is 6.21. The summed E-state index contributed by atoms with van der Waals surface area (Å²) in [5.74, 6) is 0.452. The summed E-state index contributed by atoms with van der Waals surface area (Å²) in [5, 5.41) is 6.25. The van der Waals surface area contributed by atoms with Crippen molar-refractivity contribution in [3.05, 3.63) is 45.6 Å². The number of amides is 2. The highest BCUT2D eigenvalue weighted by atomic mass is 16.5. The molecule has 2 atom stereocenters. The molecule has 4 rings (SSSR count). The number of carbonyl (C=O) groups is 3. The Bertz CT molecular complexity index is 1470. The van der Waals surface area contributed by atoms with Gasteiger partial charge in [0.05, 0.1) is 46.1 Å². The summed E-state index contributed by atoms with van der Waals surface area (Å²) in [6, 6.07) is 5.84. The third-order valence-corrected chi connectivity index (χ3v) is 8.50. The van der Waals surface area contributed by atoms with Gasteiger partial charge in [-0.25, -0.2) is 0 Å². The Kier molecular flexibility index (Phi) is 10.4. The van der Waals surface area contributed by atoms with Crippen molar-refractivity contribution >= 4 is 23.5 Å². The minimum Gasteiger partial charge on any atom is -0.493 e. The molecular formula is C33H43N3O8. The van der Waals surface area contributed by atoms with Gasteiger partial charge in [-0.05, 0) is 66.5 Å². The van der Waals surface area contributed by atoms with E-state index in [9.17, 15) is 19.2 Å². The highest BCUT2D eigenvalue weighted by molar-refractivity contribution is 5.86. The van der Waals surface area contributed by atoms with Crippen LogP contribution in [0, 0.1) is 11.8 Å². The minimum atomic E-state index is -0.670. The molecule has 1 heterocycles. The molecule has 2 amide bonds. The minimum absolute atomic E-state index is 0.129. The Hall–Kier alpha value is -4.28. The van der Waals surface area contributed by atoms with Crippen molar-refractivity contribution < 1.29 is 33.3 Å². The summed E-state index contributed by atoms with van der Waals surface area (Å²) in [5.41, 5.74) is 2.97. The van der Waals surface area contributed by atoms with Crippen LogP contribution in [0.4, 0.5) is 5.69 Å². The van der Waals surface area contributed by atoms with Gasteiger partial charge in [0, 0.05) is 25.6 Å². The van der Waals surface area contributed by atoms with Crippen molar-refractivity contribution in [1.29, 1.82) is 0 Å². The number of carbonyl (C=O) groups excluding carboxylic acids is 3. The number of aryl methyl sites for hydroxylation is 1. The predicted octanol–water partition coefficient (Wildman–Crippen LogP) is 3.71. The van der Waals surface area contributed by atoms with Gasteiger partial charge >= 0.3 is 5.97 Å². The van der Waals surface area contributed by atoms with E-state index in [1.165, 1.54) is 27.2 Å². The quantitative estimate of drug-likeness (QED) is 0.408. The van der Waals surface area contributed by atoms with Gasteiger partial charge in [0.15, 0.2) is 11.5 Å². The lowest BCUT2D eigenvalue weighted by molar-refractivity contribution is -0.149. The van der Waals surface area contributed by atoms with Gasteiger partial charge in [0.2, 0.25) is 23.0 Å². The van der Waals surface area contributed by atoms with Gasteiger partial charge in [-0.3, -0.25) is 19.2 Å². The number of esters is 1. The van der Waals surface area contributed by atoms with Crippen LogP contribution in [-0.2, 0) is 25.5 Å². The number of fused-ring (bicyclic) bond motifs is 3. The standard InChI is InChI=1S/C33H43N3O8/c1-18(2)29(32(39)36-14-12-20(13-15-36)33(40)44-7)35-25-11-9-22-23(17-26(25)38)24(34-19(3)37)10-8-21-16-27(41-4)30(42-5)31(43-6)28(21)22/h9,11,16-18,20,24,29H,8,10,12-15H2,1-7H3,(H,34,37)(H,35,38)/t24-,29-/m0/s1. The molecule has 1 fully saturated rings. The Morgan fingerprint density at radius 3 is 2.18 bits per heavy atom. The van der Waals surface area contributed by atoms with Gasteiger partial charge in [0.1, 0.15) is 6.04 Å². The van der Waals surface area contributed by atoms with E-state index in [0.29, 0.717) is 67.1 Å². The average Bonchev–Trinajstić information content (AvgIpc) is 3.26. The number of nitrogens with zero attached hydrogens (tertiary/aromatic N) is 1. The molecular weight excluding hydrogens is 566 g/mol. The lowest BCUT2D eigenvalue weighted by Gasteiger charge is -2.34. The Labute approximate surface area is 258 Å². The third kappa shape index (κ3) is 6.61. The van der Waals surface area contributed by atoms with Crippen LogP contribution in [0.25, 0.3) is 11.1 Å². The second-order valence-corrected chi connectivity index (χ2v) is 11.6. The van der Waals surface area contributed by atoms with E-state index in [1.54, 1.807) is 25.2 Å². The maximum Gasteiger partial charge on any atom is 0.308 e. The monoisotopic (exact) mass is 609 g/mol. The molecule has 2 aliphatic rings. The van der Waals surface area contributed by atoms with Crippen molar-refractivity contribution in [3.63, 3.8) is 0 Å². The summed E-state index contributed by atoms with van der Waals surface area (Å²) in [7, 11) is 6.02. The molecule has 0 saturated carbocycles. The third-order valence-electron chi connectivity index (χ3n) is 8.50. The first-order valence-electron chi connectivity index (χ1n) is 14.9. The number of rotatable bonds is 9. The summed E-state index contributed by atoms with van der Waals surface area (Å²) in [4.78, 5) is 53.5. The van der Waals surface area contributed by atoms with Crippen molar-refractivity contribution in [2.45, 2.75) is 58.5 Å². The summed E-state index contributed by atoms with van der Waals surface area (Å²) >= 11 is 0. The number of hydrogen-bond donors (Lipinski definition) is 2. The van der Waals surface area contributed by atoms with Crippen molar-refractivity contribution in [3.8, 4) is 28.4 Å². The molecule has 2 aromatic rings. The van der Waals surface area contributed by atoms with E-state index in [-0.39, 0.29) is 40.7 Å². The average molecular weight is 610 g/mol. The zero-order valence-electron chi connectivity index (χ0n) is 26.6. The van der Waals surface area contributed by atoms with Crippen LogP contribution in [-0.4, -0.2) is 70.3 Å². The van der Waals surface area contributed by atoms with Crippen LogP contribution in [0.1, 0.15) is 57.2 Å². The van der Waals surface area contributed by atoms with Crippen LogP contribution in [0.5, 0.6) is 17.2 Å². The molecule has 238 valence electrons. The van der Waals surface area contributed by atoms with E-state index in [4.69, 9.17) is 18.9 Å². The van der Waals surface area contributed by atoms with Gasteiger partial charge in [-0.2, -0.15) is 0 Å². The molecule has 11 nitrogen and oxygen atoms in total. The maximum absolute atomic E-state index is 13.8. The van der Waals surface area contributed by atoms with Gasteiger partial charge in [0.25, 0.3) is 0 Å². The fraction of sp³-hybridized carbons (Fsp3) is 0.515. The van der Waals surface area contributed by atoms with Gasteiger partial charge < -0.3 is 34.5 Å². The van der Waals surface area contributed by atoms with Crippen LogP contribution in [0.15, 0.2) is 29.1 Å². The highest BCUT2D eigenvalue weighted by Crippen LogP contribution is 2.50. The van der Waals surface area contributed by atoms with E-state index in [1.807, 2.05) is 26.0 Å². The van der Waals surface area contributed by atoms with Crippen molar-refractivity contribution in [1.82, 2.24) is 10.2 Å². The SMILES string of the molecule is COC(=O)C1CCN(C(=O)[C@@H](Nc2ccc3c(cc2=O)[C@@H](NC(C)=O)CCc2cc(OC)c(OC)c(OC)c2-3)C(C)C)CC1. The number of likely N-dealkylation sites (tertiary alicyclic amines) is 1. The number of ether oxygens (including phenoxy) is 4. The van der Waals surface area contributed by atoms with E-state index < -0.39 is 12.1 Å². The lowest BCUT2D eigenvalue weighted by Crippen LogP contribution is -2.49. The molecule has 11 heteroatoms. The number of anilines is 1. The zero-order chi connectivity index (χ0) is 32.1. The molecule has 0 aromatic heterocycles. The predicted molar refractivity (Wildman–Crippen MR) is 166 cm³/mol. The van der Waals surface area contributed by atoms with E-state index in [0.717, 1.165) is 11.1 Å². The lowest BCUT2D eigenvalue weighted by atomic mass is 9.95. The summed E-state index contributed by atoms with van der Waals surface area (Å²) in [6.45, 7) is 6.17. The second-order valence-electron chi connectivity index (χ2n) is 11.6. The number of benzene rings is 1. The smallest absolute Gasteiger partial charge is 0.308 e. The molecule has 2 aromatic carbocycles. The Morgan fingerprint density at radius 1 is 0.932 bits per heavy atom. The molecule has 0 radical (unpaired) electrons. The van der Waals surface area contributed by atoms with Crippen LogP contribution in [0.3, 0.4) is 0 Å². The Balaban J connectivity index is 1.78. The van der Waals surface area contributed by atoms with Crippen LogP contribution < -0.4 is 30.3 Å². The molecule has 1 aliphatic carbocycles. The molecule has 44 heavy (non-hydrogen) atoms. The first-order valence-corrected chi connectivity index (χ1v) is 14.9. The summed E-state index contributed by atoms with van der Waals surface area (Å²) < 4.78 is 22.0. The molecule has 1 aliphatic heterocycles. The molecule has 0 bridgehead atoms. The normalized spacial score (nSPS) is 17.0. The number of nitrogens with one attached hydrogen (secondary N) is 2. The van der Waals surface area contributed by atoms with E-state index >= 15 is 0 Å². The van der Waals surface area contributed by atoms with Crippen LogP contribution in [0.2, 0.25) is 0 Å². The maximum atomic E-state index is 13.8. The zero-order valence-corrected chi connectivity index (χ0v) is 26.6. The van der Waals surface area contributed by atoms with Crippen molar-refractivity contribution in [2.75, 3.05) is 46.8 Å². The topological polar surface area (TPSA) is 132 Å². The first kappa shape index (κ1) is 32.6. The fourth-order valence-corrected chi connectivity index (χ4v) is 6.21.